The van der Waals surface area contributed by atoms with Crippen LogP contribution in [0, 0.1) is 0 Å². The lowest BCUT2D eigenvalue weighted by Crippen LogP contribution is -2.36. The molecule has 1 aliphatic heterocycles. The summed E-state index contributed by atoms with van der Waals surface area (Å²) >= 11 is 0. The molecule has 24 heavy (non-hydrogen) atoms. The lowest BCUT2D eigenvalue weighted by molar-refractivity contribution is -0.130. The van der Waals surface area contributed by atoms with Crippen molar-refractivity contribution in [1.82, 2.24) is 4.90 Å². The van der Waals surface area contributed by atoms with Crippen molar-refractivity contribution in [2.24, 2.45) is 0 Å². The number of ether oxygens (including phenoxy) is 1. The van der Waals surface area contributed by atoms with E-state index in [4.69, 9.17) is 10.5 Å². The minimum atomic E-state index is 0.102. The summed E-state index contributed by atoms with van der Waals surface area (Å²) in [6.45, 7) is 11.7. The van der Waals surface area contributed by atoms with E-state index in [0.717, 1.165) is 43.2 Å². The topological polar surface area (TPSA) is 58.8 Å². The van der Waals surface area contributed by atoms with E-state index in [-0.39, 0.29) is 5.91 Å². The monoisotopic (exact) mass is 329 g/mol. The van der Waals surface area contributed by atoms with E-state index in [9.17, 15) is 4.79 Å². The highest BCUT2D eigenvalue weighted by Gasteiger charge is 2.15. The Morgan fingerprint density at radius 3 is 2.50 bits per heavy atom. The molecule has 0 radical (unpaired) electrons. The van der Waals surface area contributed by atoms with Gasteiger partial charge in [0.1, 0.15) is 0 Å². The average Bonchev–Trinajstić information content (AvgIpc) is 2.60. The molecular formula is C19H27N3O2. The number of carbonyl (C=O) groups is 1. The van der Waals surface area contributed by atoms with E-state index in [0.29, 0.717) is 25.9 Å². The fourth-order valence-electron chi connectivity index (χ4n) is 2.85. The van der Waals surface area contributed by atoms with Gasteiger partial charge in [0.2, 0.25) is 5.91 Å². The minimum Gasteiger partial charge on any atom is -0.397 e. The third kappa shape index (κ3) is 4.86. The number of anilines is 2. The van der Waals surface area contributed by atoms with E-state index in [2.05, 4.69) is 24.1 Å². The van der Waals surface area contributed by atoms with E-state index in [1.807, 2.05) is 12.1 Å². The van der Waals surface area contributed by atoms with Gasteiger partial charge in [-0.3, -0.25) is 4.79 Å². The summed E-state index contributed by atoms with van der Waals surface area (Å²) in [6, 6.07) is 6.08. The molecule has 0 spiro atoms. The Morgan fingerprint density at radius 2 is 1.92 bits per heavy atom. The third-order valence-electron chi connectivity index (χ3n) is 4.12. The van der Waals surface area contributed by atoms with Gasteiger partial charge in [0.25, 0.3) is 0 Å². The van der Waals surface area contributed by atoms with Crippen LogP contribution in [0.4, 0.5) is 11.4 Å². The number of nitrogens with zero attached hydrogens (tertiary/aromatic N) is 2. The molecule has 2 rings (SSSR count). The molecule has 0 atom stereocenters. The van der Waals surface area contributed by atoms with Gasteiger partial charge in [-0.05, 0) is 24.1 Å². The second-order valence-corrected chi connectivity index (χ2v) is 5.87. The molecule has 0 aliphatic carbocycles. The summed E-state index contributed by atoms with van der Waals surface area (Å²) in [4.78, 5) is 16.3. The number of carbonyl (C=O) groups excluding carboxylic acids is 1. The van der Waals surface area contributed by atoms with Crippen molar-refractivity contribution in [3.63, 3.8) is 0 Å². The molecule has 1 saturated heterocycles. The number of aryl methyl sites for hydroxylation is 1. The Bertz CT molecular complexity index is 570. The first-order chi connectivity index (χ1) is 11.7. The van der Waals surface area contributed by atoms with Crippen molar-refractivity contribution >= 4 is 17.3 Å². The Hall–Kier alpha value is -2.27. The molecule has 2 N–H and O–H groups in total. The van der Waals surface area contributed by atoms with Crippen molar-refractivity contribution in [2.45, 2.75) is 12.8 Å². The van der Waals surface area contributed by atoms with Crippen LogP contribution < -0.4 is 10.6 Å². The van der Waals surface area contributed by atoms with Crippen LogP contribution in [-0.2, 0) is 16.0 Å². The Labute approximate surface area is 144 Å². The predicted molar refractivity (Wildman–Crippen MR) is 99.2 cm³/mol. The van der Waals surface area contributed by atoms with Crippen LogP contribution in [-0.4, -0.2) is 50.2 Å². The van der Waals surface area contributed by atoms with Gasteiger partial charge >= 0.3 is 0 Å². The number of benzene rings is 1. The maximum Gasteiger partial charge on any atom is 0.223 e. The van der Waals surface area contributed by atoms with Crippen LogP contribution >= 0.6 is 0 Å². The first-order valence-corrected chi connectivity index (χ1v) is 8.36. The van der Waals surface area contributed by atoms with Crippen LogP contribution in [0.25, 0.3) is 0 Å². The maximum absolute atomic E-state index is 12.3. The first-order valence-electron chi connectivity index (χ1n) is 8.36. The van der Waals surface area contributed by atoms with Crippen molar-refractivity contribution in [1.29, 1.82) is 0 Å². The lowest BCUT2D eigenvalue weighted by atomic mass is 10.1. The zero-order valence-corrected chi connectivity index (χ0v) is 14.2. The van der Waals surface area contributed by atoms with Crippen LogP contribution in [0.3, 0.4) is 0 Å². The Kier molecular flexibility index (Phi) is 6.88. The first kappa shape index (κ1) is 18.1. The fourth-order valence-corrected chi connectivity index (χ4v) is 2.85. The highest BCUT2D eigenvalue weighted by molar-refractivity contribution is 5.77. The van der Waals surface area contributed by atoms with Crippen LogP contribution in [0.1, 0.15) is 12.0 Å². The third-order valence-corrected chi connectivity index (χ3v) is 4.12. The molecule has 5 nitrogen and oxygen atoms in total. The molecule has 1 aliphatic rings. The van der Waals surface area contributed by atoms with Crippen LogP contribution in [0.5, 0.6) is 0 Å². The van der Waals surface area contributed by atoms with Crippen LogP contribution in [0.15, 0.2) is 43.5 Å². The number of morpholine rings is 1. The smallest absolute Gasteiger partial charge is 0.223 e. The van der Waals surface area contributed by atoms with Gasteiger partial charge in [0.15, 0.2) is 0 Å². The zero-order chi connectivity index (χ0) is 17.4. The van der Waals surface area contributed by atoms with E-state index >= 15 is 0 Å². The van der Waals surface area contributed by atoms with E-state index < -0.39 is 0 Å². The van der Waals surface area contributed by atoms with Gasteiger partial charge < -0.3 is 20.3 Å². The normalized spacial score (nSPS) is 14.2. The molecule has 1 fully saturated rings. The summed E-state index contributed by atoms with van der Waals surface area (Å²) in [5, 5.41) is 0. The second-order valence-electron chi connectivity index (χ2n) is 5.87. The molecule has 1 heterocycles. The summed E-state index contributed by atoms with van der Waals surface area (Å²) in [5.74, 6) is 0.102. The summed E-state index contributed by atoms with van der Waals surface area (Å²) in [7, 11) is 0. The number of rotatable bonds is 8. The van der Waals surface area contributed by atoms with Crippen molar-refractivity contribution < 1.29 is 9.53 Å². The number of nitrogens with two attached hydrogens (primary N) is 1. The van der Waals surface area contributed by atoms with Gasteiger partial charge in [0.05, 0.1) is 24.6 Å². The molecule has 0 saturated carbocycles. The standard InChI is InChI=1S/C19H27N3O2/c1-3-9-22(10-4-2)19(23)8-6-16-5-7-18(17(20)15-16)21-11-13-24-14-12-21/h3-5,7,15H,1-2,6,8-14,20H2. The van der Waals surface area contributed by atoms with Gasteiger partial charge in [-0.2, -0.15) is 0 Å². The lowest BCUT2D eigenvalue weighted by Gasteiger charge is -2.30. The molecule has 1 aromatic carbocycles. The number of amides is 1. The van der Waals surface area contributed by atoms with Crippen molar-refractivity contribution in [2.75, 3.05) is 50.0 Å². The zero-order valence-electron chi connectivity index (χ0n) is 14.2. The summed E-state index contributed by atoms with van der Waals surface area (Å²) in [5.41, 5.74) is 9.10. The molecule has 1 aromatic rings. The van der Waals surface area contributed by atoms with Crippen molar-refractivity contribution in [3.8, 4) is 0 Å². The average molecular weight is 329 g/mol. The molecule has 0 bridgehead atoms. The van der Waals surface area contributed by atoms with Crippen molar-refractivity contribution in [3.05, 3.63) is 49.1 Å². The molecular weight excluding hydrogens is 302 g/mol. The highest BCUT2D eigenvalue weighted by Crippen LogP contribution is 2.25. The van der Waals surface area contributed by atoms with Gasteiger partial charge in [-0.15, -0.1) is 13.2 Å². The maximum atomic E-state index is 12.3. The second kappa shape index (κ2) is 9.13. The quantitative estimate of drug-likeness (QED) is 0.587. The molecule has 0 aromatic heterocycles. The fraction of sp³-hybridized carbons (Fsp3) is 0.421. The molecule has 0 unspecified atom stereocenters. The van der Waals surface area contributed by atoms with Gasteiger partial charge in [0, 0.05) is 32.6 Å². The van der Waals surface area contributed by atoms with E-state index in [1.165, 1.54) is 0 Å². The number of hydrogen-bond acceptors (Lipinski definition) is 4. The van der Waals surface area contributed by atoms with Gasteiger partial charge in [-0.25, -0.2) is 0 Å². The highest BCUT2D eigenvalue weighted by atomic mass is 16.5. The molecule has 5 heteroatoms. The number of hydrogen-bond donors (Lipinski definition) is 1. The predicted octanol–water partition coefficient (Wildman–Crippen LogP) is 2.24. The van der Waals surface area contributed by atoms with Gasteiger partial charge in [-0.1, -0.05) is 18.2 Å². The number of nitrogen functional groups attached to an aromatic ring is 1. The SMILES string of the molecule is C=CCN(CC=C)C(=O)CCc1ccc(N2CCOCC2)c(N)c1. The molecule has 1 amide bonds. The molecule has 130 valence electrons. The van der Waals surface area contributed by atoms with E-state index in [1.54, 1.807) is 17.1 Å². The largest absolute Gasteiger partial charge is 0.397 e. The minimum absolute atomic E-state index is 0.102. The Morgan fingerprint density at radius 1 is 1.25 bits per heavy atom. The van der Waals surface area contributed by atoms with Crippen LogP contribution in [0.2, 0.25) is 0 Å². The summed E-state index contributed by atoms with van der Waals surface area (Å²) in [6.07, 6.45) is 4.60. The summed E-state index contributed by atoms with van der Waals surface area (Å²) < 4.78 is 5.37. The Balaban J connectivity index is 1.95.